The zero-order chi connectivity index (χ0) is 10.3. The molecule has 1 saturated heterocycles. The van der Waals surface area contributed by atoms with Gasteiger partial charge in [0.1, 0.15) is 12.4 Å². The maximum atomic E-state index is 5.64. The van der Waals surface area contributed by atoms with Crippen molar-refractivity contribution in [2.75, 3.05) is 26.2 Å². The molecule has 1 radical (unpaired) electrons. The molecule has 15 heavy (non-hydrogen) atoms. The molecule has 0 unspecified atom stereocenters. The standard InChI is InChI=1S/C13H18NO/c1-3-7-13(8-4-1)15-12-11-14-9-5-2-6-10-14/h1,3,7-8H,2,5-6,9-12H2. The second-order valence-corrected chi connectivity index (χ2v) is 3.99. The van der Waals surface area contributed by atoms with Crippen molar-refractivity contribution < 1.29 is 4.74 Å². The van der Waals surface area contributed by atoms with E-state index in [1.54, 1.807) is 0 Å². The lowest BCUT2D eigenvalue weighted by atomic mass is 10.1. The Morgan fingerprint density at radius 1 is 1.27 bits per heavy atom. The van der Waals surface area contributed by atoms with Gasteiger partial charge in [-0.15, -0.1) is 0 Å². The van der Waals surface area contributed by atoms with Crippen LogP contribution in [0.25, 0.3) is 0 Å². The fourth-order valence-corrected chi connectivity index (χ4v) is 1.94. The molecular weight excluding hydrogens is 186 g/mol. The number of hydrogen-bond donors (Lipinski definition) is 0. The van der Waals surface area contributed by atoms with E-state index in [1.807, 2.05) is 24.3 Å². The average Bonchev–Trinajstić information content (AvgIpc) is 2.32. The summed E-state index contributed by atoms with van der Waals surface area (Å²) in [7, 11) is 0. The van der Waals surface area contributed by atoms with Crippen LogP contribution in [0.1, 0.15) is 19.3 Å². The van der Waals surface area contributed by atoms with Gasteiger partial charge in [-0.25, -0.2) is 0 Å². The molecule has 2 heteroatoms. The Kier molecular flexibility index (Phi) is 4.03. The summed E-state index contributed by atoms with van der Waals surface area (Å²) in [6.07, 6.45) is 4.09. The molecule has 0 saturated carbocycles. The van der Waals surface area contributed by atoms with E-state index in [-0.39, 0.29) is 0 Å². The number of benzene rings is 1. The number of hydrogen-bond acceptors (Lipinski definition) is 2. The molecule has 1 aromatic rings. The molecule has 0 amide bonds. The van der Waals surface area contributed by atoms with Crippen LogP contribution in [-0.2, 0) is 0 Å². The molecule has 0 atom stereocenters. The first-order valence-electron chi connectivity index (χ1n) is 5.76. The number of ether oxygens (including phenoxy) is 1. The molecule has 0 bridgehead atoms. The average molecular weight is 204 g/mol. The van der Waals surface area contributed by atoms with Crippen molar-refractivity contribution >= 4 is 0 Å². The number of likely N-dealkylation sites (tertiary alicyclic amines) is 1. The molecule has 1 fully saturated rings. The Morgan fingerprint density at radius 3 is 2.87 bits per heavy atom. The normalized spacial score (nSPS) is 17.6. The van der Waals surface area contributed by atoms with Crippen molar-refractivity contribution in [2.24, 2.45) is 0 Å². The van der Waals surface area contributed by atoms with Gasteiger partial charge in [0.25, 0.3) is 0 Å². The lowest BCUT2D eigenvalue weighted by molar-refractivity contribution is 0.183. The van der Waals surface area contributed by atoms with E-state index in [4.69, 9.17) is 4.74 Å². The van der Waals surface area contributed by atoms with E-state index in [9.17, 15) is 0 Å². The molecule has 0 spiro atoms. The van der Waals surface area contributed by atoms with Gasteiger partial charge >= 0.3 is 0 Å². The Morgan fingerprint density at radius 2 is 2.13 bits per heavy atom. The molecule has 0 aromatic heterocycles. The summed E-state index contributed by atoms with van der Waals surface area (Å²) >= 11 is 0. The second-order valence-electron chi connectivity index (χ2n) is 3.99. The van der Waals surface area contributed by atoms with Crippen LogP contribution in [0.2, 0.25) is 0 Å². The van der Waals surface area contributed by atoms with Gasteiger partial charge in [0.2, 0.25) is 0 Å². The predicted octanol–water partition coefficient (Wildman–Crippen LogP) is 2.35. The highest BCUT2D eigenvalue weighted by Crippen LogP contribution is 2.10. The molecule has 1 heterocycles. The minimum absolute atomic E-state index is 0.790. The van der Waals surface area contributed by atoms with Crippen LogP contribution in [0.15, 0.2) is 24.3 Å². The highest BCUT2D eigenvalue weighted by Gasteiger charge is 2.09. The highest BCUT2D eigenvalue weighted by molar-refractivity contribution is 5.19. The van der Waals surface area contributed by atoms with Crippen LogP contribution in [0.4, 0.5) is 0 Å². The Labute approximate surface area is 91.9 Å². The zero-order valence-electron chi connectivity index (χ0n) is 9.11. The van der Waals surface area contributed by atoms with Gasteiger partial charge in [-0.05, 0) is 44.1 Å². The van der Waals surface area contributed by atoms with Gasteiger partial charge in [0.05, 0.1) is 0 Å². The van der Waals surface area contributed by atoms with E-state index in [1.165, 1.54) is 32.4 Å². The maximum absolute atomic E-state index is 5.64. The highest BCUT2D eigenvalue weighted by atomic mass is 16.5. The van der Waals surface area contributed by atoms with Crippen LogP contribution in [0.5, 0.6) is 5.75 Å². The summed E-state index contributed by atoms with van der Waals surface area (Å²) < 4.78 is 5.64. The number of nitrogens with zero attached hydrogens (tertiary/aromatic N) is 1. The lowest BCUT2D eigenvalue weighted by Gasteiger charge is -2.26. The van der Waals surface area contributed by atoms with Gasteiger partial charge in [0.15, 0.2) is 0 Å². The van der Waals surface area contributed by atoms with Crippen molar-refractivity contribution in [1.29, 1.82) is 0 Å². The zero-order valence-corrected chi connectivity index (χ0v) is 9.11. The summed E-state index contributed by atoms with van der Waals surface area (Å²) in [5.41, 5.74) is 0. The third-order valence-corrected chi connectivity index (χ3v) is 2.80. The molecule has 1 aromatic carbocycles. The van der Waals surface area contributed by atoms with Crippen LogP contribution in [0, 0.1) is 6.07 Å². The van der Waals surface area contributed by atoms with Gasteiger partial charge in [-0.3, -0.25) is 4.90 Å². The first-order valence-corrected chi connectivity index (χ1v) is 5.76. The van der Waals surface area contributed by atoms with E-state index in [2.05, 4.69) is 11.0 Å². The Balaban J connectivity index is 1.66. The van der Waals surface area contributed by atoms with Crippen molar-refractivity contribution in [2.45, 2.75) is 19.3 Å². The van der Waals surface area contributed by atoms with Crippen molar-refractivity contribution in [3.8, 4) is 5.75 Å². The van der Waals surface area contributed by atoms with Crippen molar-refractivity contribution in [1.82, 2.24) is 4.90 Å². The molecule has 2 nitrogen and oxygen atoms in total. The van der Waals surface area contributed by atoms with Gasteiger partial charge in [-0.1, -0.05) is 18.6 Å². The van der Waals surface area contributed by atoms with E-state index < -0.39 is 0 Å². The molecule has 0 aliphatic carbocycles. The van der Waals surface area contributed by atoms with Crippen molar-refractivity contribution in [3.63, 3.8) is 0 Å². The first kappa shape index (κ1) is 10.5. The summed E-state index contributed by atoms with van der Waals surface area (Å²) in [6.45, 7) is 4.32. The molecule has 0 N–H and O–H groups in total. The van der Waals surface area contributed by atoms with Crippen LogP contribution in [-0.4, -0.2) is 31.1 Å². The Hall–Kier alpha value is -1.02. The number of piperidine rings is 1. The summed E-state index contributed by atoms with van der Waals surface area (Å²) in [5.74, 6) is 0.925. The second kappa shape index (κ2) is 5.76. The summed E-state index contributed by atoms with van der Waals surface area (Å²) in [4.78, 5) is 2.48. The SMILES string of the molecule is [c]1cccc(OCCN2CCCCC2)c1. The predicted molar refractivity (Wildman–Crippen MR) is 61.1 cm³/mol. The molecular formula is C13H18NO. The monoisotopic (exact) mass is 204 g/mol. The first-order chi connectivity index (χ1) is 7.45. The third kappa shape index (κ3) is 3.56. The number of rotatable bonds is 4. The van der Waals surface area contributed by atoms with E-state index in [0.717, 1.165) is 18.9 Å². The van der Waals surface area contributed by atoms with Gasteiger partial charge in [0, 0.05) is 6.54 Å². The fraction of sp³-hybridized carbons (Fsp3) is 0.538. The maximum Gasteiger partial charge on any atom is 0.119 e. The van der Waals surface area contributed by atoms with E-state index in [0.29, 0.717) is 0 Å². The quantitative estimate of drug-likeness (QED) is 0.746. The Bertz CT molecular complexity index is 267. The lowest BCUT2D eigenvalue weighted by Crippen LogP contribution is -2.33. The largest absolute Gasteiger partial charge is 0.492 e. The van der Waals surface area contributed by atoms with Crippen LogP contribution in [0.3, 0.4) is 0 Å². The van der Waals surface area contributed by atoms with Gasteiger partial charge in [-0.2, -0.15) is 0 Å². The molecule has 2 rings (SSSR count). The minimum atomic E-state index is 0.790. The van der Waals surface area contributed by atoms with E-state index >= 15 is 0 Å². The van der Waals surface area contributed by atoms with Crippen LogP contribution < -0.4 is 4.74 Å². The van der Waals surface area contributed by atoms with Crippen LogP contribution >= 0.6 is 0 Å². The minimum Gasteiger partial charge on any atom is -0.492 e. The molecule has 1 aliphatic heterocycles. The molecule has 81 valence electrons. The van der Waals surface area contributed by atoms with Gasteiger partial charge < -0.3 is 4.74 Å². The smallest absolute Gasteiger partial charge is 0.119 e. The summed E-state index contributed by atoms with van der Waals surface area (Å²) in [6, 6.07) is 10.7. The topological polar surface area (TPSA) is 12.5 Å². The molecule has 1 aliphatic rings. The fourth-order valence-electron chi connectivity index (χ4n) is 1.94. The third-order valence-electron chi connectivity index (χ3n) is 2.80. The summed E-state index contributed by atoms with van der Waals surface area (Å²) in [5, 5.41) is 0. The van der Waals surface area contributed by atoms with Crippen molar-refractivity contribution in [3.05, 3.63) is 30.3 Å².